The molecule has 2 N–H and O–H groups in total. The summed E-state index contributed by atoms with van der Waals surface area (Å²) < 4.78 is 5.39. The van der Waals surface area contributed by atoms with E-state index in [1.54, 1.807) is 7.11 Å². The summed E-state index contributed by atoms with van der Waals surface area (Å²) in [5, 5.41) is 6.62. The van der Waals surface area contributed by atoms with Crippen LogP contribution in [-0.4, -0.2) is 38.3 Å². The molecule has 0 aliphatic rings. The Morgan fingerprint density at radius 3 is 2.36 bits per heavy atom. The zero-order chi connectivity index (χ0) is 15.7. The maximum Gasteiger partial charge on any atom is 0.191 e. The monoisotopic (exact) mass is 419 g/mol. The number of methoxy groups -OCH3 is 1. The van der Waals surface area contributed by atoms with E-state index in [4.69, 9.17) is 4.74 Å². The normalized spacial score (nSPS) is 11.8. The van der Waals surface area contributed by atoms with Gasteiger partial charge in [0.2, 0.25) is 0 Å². The molecule has 0 bridgehead atoms. The second-order valence-electron chi connectivity index (χ2n) is 5.82. The van der Waals surface area contributed by atoms with Gasteiger partial charge in [0.05, 0.1) is 12.1 Å². The lowest BCUT2D eigenvalue weighted by Crippen LogP contribution is -2.40. The van der Waals surface area contributed by atoms with Gasteiger partial charge >= 0.3 is 0 Å². The first-order chi connectivity index (χ1) is 9.96. The van der Waals surface area contributed by atoms with Crippen molar-refractivity contribution in [2.45, 2.75) is 39.7 Å². The minimum atomic E-state index is -0.237. The molecule has 5 heteroatoms. The van der Waals surface area contributed by atoms with Crippen molar-refractivity contribution in [1.29, 1.82) is 0 Å². The van der Waals surface area contributed by atoms with Crippen LogP contribution in [0.2, 0.25) is 0 Å². The molecule has 0 aromatic heterocycles. The number of hydrogen-bond acceptors (Lipinski definition) is 2. The lowest BCUT2D eigenvalue weighted by atomic mass is 10.1. The number of guanidine groups is 1. The van der Waals surface area contributed by atoms with Crippen molar-refractivity contribution in [2.75, 3.05) is 26.7 Å². The minimum absolute atomic E-state index is 0. The molecular weight excluding hydrogens is 389 g/mol. The van der Waals surface area contributed by atoms with Gasteiger partial charge in [0.15, 0.2) is 5.96 Å². The Balaban J connectivity index is 0.00000441. The standard InChI is InChI=1S/C17H29N3O.HI/c1-6-18-16(20-13-17(3,4)21-5)19-12-11-15-9-7-14(2)8-10-15;/h7-10H,6,11-13H2,1-5H3,(H2,18,19,20);1H. The summed E-state index contributed by atoms with van der Waals surface area (Å²) in [6.07, 6.45) is 0.984. The number of halogens is 1. The van der Waals surface area contributed by atoms with Crippen molar-refractivity contribution >= 4 is 29.9 Å². The molecule has 0 saturated carbocycles. The average molecular weight is 419 g/mol. The SMILES string of the molecule is CCNC(=NCC(C)(C)OC)NCCc1ccc(C)cc1.I. The zero-order valence-electron chi connectivity index (χ0n) is 14.4. The van der Waals surface area contributed by atoms with Crippen molar-refractivity contribution in [2.24, 2.45) is 4.99 Å². The van der Waals surface area contributed by atoms with Gasteiger partial charge in [0.25, 0.3) is 0 Å². The lowest BCUT2D eigenvalue weighted by Gasteiger charge is -2.21. The molecule has 0 aliphatic carbocycles. The summed E-state index contributed by atoms with van der Waals surface area (Å²) in [6.45, 7) is 10.6. The highest BCUT2D eigenvalue weighted by atomic mass is 127. The van der Waals surface area contributed by atoms with Gasteiger partial charge in [-0.05, 0) is 39.7 Å². The Bertz CT molecular complexity index is 444. The Morgan fingerprint density at radius 1 is 1.18 bits per heavy atom. The van der Waals surface area contributed by atoms with E-state index in [0.29, 0.717) is 6.54 Å². The third-order valence-corrected chi connectivity index (χ3v) is 3.34. The molecule has 4 nitrogen and oxygen atoms in total. The molecule has 0 heterocycles. The van der Waals surface area contributed by atoms with Gasteiger partial charge < -0.3 is 15.4 Å². The van der Waals surface area contributed by atoms with Crippen LogP contribution in [0.1, 0.15) is 31.9 Å². The van der Waals surface area contributed by atoms with Crippen molar-refractivity contribution < 1.29 is 4.74 Å². The fourth-order valence-electron chi connectivity index (χ4n) is 1.76. The molecule has 0 unspecified atom stereocenters. The predicted octanol–water partition coefficient (Wildman–Crippen LogP) is 3.14. The van der Waals surface area contributed by atoms with Gasteiger partial charge in [-0.1, -0.05) is 29.8 Å². The molecule has 0 amide bonds. The van der Waals surface area contributed by atoms with E-state index in [0.717, 1.165) is 25.5 Å². The van der Waals surface area contributed by atoms with Gasteiger partial charge in [-0.2, -0.15) is 0 Å². The highest BCUT2D eigenvalue weighted by Gasteiger charge is 2.15. The predicted molar refractivity (Wildman–Crippen MR) is 105 cm³/mol. The van der Waals surface area contributed by atoms with Crippen LogP contribution in [0.15, 0.2) is 29.3 Å². The third kappa shape index (κ3) is 8.58. The van der Waals surface area contributed by atoms with E-state index in [1.165, 1.54) is 11.1 Å². The second-order valence-corrected chi connectivity index (χ2v) is 5.82. The second kappa shape index (κ2) is 10.8. The van der Waals surface area contributed by atoms with Crippen LogP contribution >= 0.6 is 24.0 Å². The van der Waals surface area contributed by atoms with E-state index in [1.807, 2.05) is 13.8 Å². The molecule has 0 saturated heterocycles. The van der Waals surface area contributed by atoms with E-state index < -0.39 is 0 Å². The summed E-state index contributed by atoms with van der Waals surface area (Å²) in [5.74, 6) is 0.842. The summed E-state index contributed by atoms with van der Waals surface area (Å²) >= 11 is 0. The van der Waals surface area contributed by atoms with Crippen LogP contribution in [-0.2, 0) is 11.2 Å². The van der Waals surface area contributed by atoms with Crippen LogP contribution in [0.3, 0.4) is 0 Å². The first kappa shape index (κ1) is 21.2. The topological polar surface area (TPSA) is 45.7 Å². The molecule has 0 atom stereocenters. The molecule has 0 radical (unpaired) electrons. The van der Waals surface area contributed by atoms with Crippen LogP contribution in [0.5, 0.6) is 0 Å². The first-order valence-electron chi connectivity index (χ1n) is 7.59. The molecule has 1 rings (SSSR count). The molecule has 1 aromatic carbocycles. The van der Waals surface area contributed by atoms with Crippen LogP contribution < -0.4 is 10.6 Å². The maximum atomic E-state index is 5.39. The molecule has 126 valence electrons. The van der Waals surface area contributed by atoms with Crippen LogP contribution in [0, 0.1) is 6.92 Å². The van der Waals surface area contributed by atoms with Crippen molar-refractivity contribution in [3.05, 3.63) is 35.4 Å². The molecule has 0 fully saturated rings. The van der Waals surface area contributed by atoms with Crippen molar-refractivity contribution in [3.8, 4) is 0 Å². The number of nitrogens with one attached hydrogen (secondary N) is 2. The zero-order valence-corrected chi connectivity index (χ0v) is 16.7. The van der Waals surface area contributed by atoms with E-state index in [-0.39, 0.29) is 29.6 Å². The quantitative estimate of drug-likeness (QED) is 0.406. The lowest BCUT2D eigenvalue weighted by molar-refractivity contribution is 0.0310. The number of hydrogen-bond donors (Lipinski definition) is 2. The summed E-state index contributed by atoms with van der Waals surface area (Å²) in [5.41, 5.74) is 2.39. The van der Waals surface area contributed by atoms with Crippen LogP contribution in [0.4, 0.5) is 0 Å². The number of rotatable bonds is 7. The van der Waals surface area contributed by atoms with E-state index in [2.05, 4.69) is 53.7 Å². The fraction of sp³-hybridized carbons (Fsp3) is 0.588. The maximum absolute atomic E-state index is 5.39. The number of aliphatic imine (C=N–C) groups is 1. The highest BCUT2D eigenvalue weighted by molar-refractivity contribution is 14.0. The summed E-state index contributed by atoms with van der Waals surface area (Å²) in [6, 6.07) is 8.65. The van der Waals surface area contributed by atoms with Gasteiger partial charge in [-0.3, -0.25) is 4.99 Å². The summed E-state index contributed by atoms with van der Waals surface area (Å²) in [7, 11) is 1.72. The Labute approximate surface area is 152 Å². The average Bonchev–Trinajstić information content (AvgIpc) is 2.47. The van der Waals surface area contributed by atoms with Crippen LogP contribution in [0.25, 0.3) is 0 Å². The molecule has 0 spiro atoms. The van der Waals surface area contributed by atoms with Gasteiger partial charge in [-0.25, -0.2) is 0 Å². The number of nitrogens with zero attached hydrogens (tertiary/aromatic N) is 1. The highest BCUT2D eigenvalue weighted by Crippen LogP contribution is 2.07. The molecular formula is C17H30IN3O. The Hall–Kier alpha value is -0.820. The van der Waals surface area contributed by atoms with Gasteiger partial charge in [0.1, 0.15) is 0 Å². The van der Waals surface area contributed by atoms with E-state index >= 15 is 0 Å². The van der Waals surface area contributed by atoms with Gasteiger partial charge in [0, 0.05) is 20.2 Å². The number of aryl methyl sites for hydroxylation is 1. The van der Waals surface area contributed by atoms with Crippen molar-refractivity contribution in [1.82, 2.24) is 10.6 Å². The van der Waals surface area contributed by atoms with Crippen molar-refractivity contribution in [3.63, 3.8) is 0 Å². The number of benzene rings is 1. The van der Waals surface area contributed by atoms with E-state index in [9.17, 15) is 0 Å². The number of ether oxygens (including phenoxy) is 1. The first-order valence-corrected chi connectivity index (χ1v) is 7.59. The minimum Gasteiger partial charge on any atom is -0.377 e. The molecule has 22 heavy (non-hydrogen) atoms. The largest absolute Gasteiger partial charge is 0.377 e. The smallest absolute Gasteiger partial charge is 0.191 e. The van der Waals surface area contributed by atoms with Gasteiger partial charge in [-0.15, -0.1) is 24.0 Å². The Kier molecular flexibility index (Phi) is 10.4. The molecule has 1 aromatic rings. The summed E-state index contributed by atoms with van der Waals surface area (Å²) in [4.78, 5) is 4.57. The third-order valence-electron chi connectivity index (χ3n) is 3.34. The molecule has 0 aliphatic heterocycles. The fourth-order valence-corrected chi connectivity index (χ4v) is 1.76. The Morgan fingerprint density at radius 2 is 1.82 bits per heavy atom.